The molecule has 0 aliphatic carbocycles. The summed E-state index contributed by atoms with van der Waals surface area (Å²) in [6.07, 6.45) is 1.40. The number of rotatable bonds is 7. The second-order valence-corrected chi connectivity index (χ2v) is 6.12. The molecule has 1 aliphatic heterocycles. The van der Waals surface area contributed by atoms with Gasteiger partial charge in [-0.2, -0.15) is 0 Å². The van der Waals surface area contributed by atoms with Crippen molar-refractivity contribution >= 4 is 29.5 Å². The van der Waals surface area contributed by atoms with Gasteiger partial charge in [0.1, 0.15) is 11.4 Å². The summed E-state index contributed by atoms with van der Waals surface area (Å²) in [5, 5.41) is 1.04. The van der Waals surface area contributed by atoms with Crippen molar-refractivity contribution in [2.45, 2.75) is 6.92 Å². The fourth-order valence-electron chi connectivity index (χ4n) is 2.73. The molecule has 2 aromatic rings. The molecule has 9 heteroatoms. The number of hydrogen-bond acceptors (Lipinski definition) is 6. The summed E-state index contributed by atoms with van der Waals surface area (Å²) in [7, 11) is 1.42. The van der Waals surface area contributed by atoms with Gasteiger partial charge < -0.3 is 14.2 Å². The van der Waals surface area contributed by atoms with Crippen LogP contribution in [0.2, 0.25) is 0 Å². The minimum Gasteiger partial charge on any atom is -0.493 e. The predicted molar refractivity (Wildman–Crippen MR) is 105 cm³/mol. The maximum absolute atomic E-state index is 13.1. The van der Waals surface area contributed by atoms with Crippen molar-refractivity contribution in [3.8, 4) is 11.5 Å². The number of nitrogens with zero attached hydrogens (tertiary/aromatic N) is 1. The molecular weight excluding hydrogens is 395 g/mol. The van der Waals surface area contributed by atoms with E-state index in [0.717, 1.165) is 5.01 Å². The molecule has 0 spiro atoms. The van der Waals surface area contributed by atoms with E-state index < -0.39 is 23.6 Å². The Morgan fingerprint density at radius 3 is 2.53 bits per heavy atom. The molecule has 0 aromatic heterocycles. The maximum atomic E-state index is 13.1. The number of hydrazine groups is 1. The molecule has 1 N–H and O–H groups in total. The molecule has 2 aromatic carbocycles. The smallest absolute Gasteiger partial charge is 0.344 e. The Morgan fingerprint density at radius 2 is 1.87 bits per heavy atom. The first-order chi connectivity index (χ1) is 14.4. The van der Waals surface area contributed by atoms with Gasteiger partial charge in [0.25, 0.3) is 11.8 Å². The minimum atomic E-state index is -0.592. The van der Waals surface area contributed by atoms with Crippen LogP contribution >= 0.6 is 0 Å². The summed E-state index contributed by atoms with van der Waals surface area (Å²) >= 11 is 0. The summed E-state index contributed by atoms with van der Waals surface area (Å²) in [6, 6.07) is 9.88. The number of amides is 2. The third kappa shape index (κ3) is 4.57. The van der Waals surface area contributed by atoms with Gasteiger partial charge in [0.05, 0.1) is 19.4 Å². The van der Waals surface area contributed by atoms with Gasteiger partial charge in [-0.3, -0.25) is 15.0 Å². The lowest BCUT2D eigenvalue weighted by atomic mass is 10.1. The Balaban J connectivity index is 1.80. The fraction of sp³-hybridized carbons (Fsp3) is 0.190. The number of carbonyl (C=O) groups excluding carboxylic acids is 3. The van der Waals surface area contributed by atoms with Crippen molar-refractivity contribution in [3.63, 3.8) is 0 Å². The summed E-state index contributed by atoms with van der Waals surface area (Å²) in [5.41, 5.74) is 3.19. The number of benzene rings is 2. The number of methoxy groups -OCH3 is 1. The topological polar surface area (TPSA) is 94.2 Å². The van der Waals surface area contributed by atoms with Gasteiger partial charge in [-0.15, -0.1) is 0 Å². The van der Waals surface area contributed by atoms with Crippen molar-refractivity contribution in [1.82, 2.24) is 5.43 Å². The van der Waals surface area contributed by atoms with E-state index in [0.29, 0.717) is 22.7 Å². The van der Waals surface area contributed by atoms with Crippen molar-refractivity contribution in [2.75, 3.05) is 25.3 Å². The van der Waals surface area contributed by atoms with Crippen LogP contribution in [0.1, 0.15) is 12.5 Å². The first-order valence-corrected chi connectivity index (χ1v) is 9.02. The molecule has 1 saturated heterocycles. The quantitative estimate of drug-likeness (QED) is 0.424. The molecule has 1 aliphatic rings. The Hall–Kier alpha value is -3.88. The highest BCUT2D eigenvalue weighted by molar-refractivity contribution is 6.31. The number of esters is 1. The van der Waals surface area contributed by atoms with Gasteiger partial charge in [-0.25, -0.2) is 14.2 Å². The van der Waals surface area contributed by atoms with E-state index in [1.54, 1.807) is 25.1 Å². The molecule has 0 atom stereocenters. The summed E-state index contributed by atoms with van der Waals surface area (Å²) in [4.78, 5) is 36.4. The Morgan fingerprint density at radius 1 is 1.13 bits per heavy atom. The van der Waals surface area contributed by atoms with E-state index in [2.05, 4.69) is 5.43 Å². The normalized spacial score (nSPS) is 14.6. The molecule has 0 radical (unpaired) electrons. The lowest BCUT2D eigenvalue weighted by Gasteiger charge is -2.14. The predicted octanol–water partition coefficient (Wildman–Crippen LogP) is 2.24. The van der Waals surface area contributed by atoms with Gasteiger partial charge in [-0.1, -0.05) is 6.07 Å². The van der Waals surface area contributed by atoms with Crippen molar-refractivity contribution in [2.24, 2.45) is 0 Å². The van der Waals surface area contributed by atoms with Gasteiger partial charge in [0, 0.05) is 0 Å². The van der Waals surface area contributed by atoms with Crippen LogP contribution < -0.4 is 19.9 Å². The second-order valence-electron chi connectivity index (χ2n) is 6.12. The van der Waals surface area contributed by atoms with Gasteiger partial charge in [0.2, 0.25) is 0 Å². The van der Waals surface area contributed by atoms with Crippen LogP contribution in [0.25, 0.3) is 6.08 Å². The maximum Gasteiger partial charge on any atom is 0.344 e. The highest BCUT2D eigenvalue weighted by atomic mass is 19.1. The van der Waals surface area contributed by atoms with Gasteiger partial charge in [-0.05, 0) is 55.0 Å². The summed E-state index contributed by atoms with van der Waals surface area (Å²) in [5.74, 6) is -1.51. The van der Waals surface area contributed by atoms with Crippen LogP contribution in [-0.2, 0) is 19.1 Å². The molecule has 3 rings (SSSR count). The lowest BCUT2D eigenvalue weighted by Crippen LogP contribution is -2.35. The van der Waals surface area contributed by atoms with Crippen LogP contribution in [0, 0.1) is 5.82 Å². The average Bonchev–Trinajstić information content (AvgIpc) is 3.01. The Labute approximate surface area is 171 Å². The molecular formula is C21H19FN2O6. The Kier molecular flexibility index (Phi) is 6.31. The molecule has 1 fully saturated rings. The third-order valence-electron chi connectivity index (χ3n) is 4.13. The number of carbonyl (C=O) groups is 3. The highest BCUT2D eigenvalue weighted by Crippen LogP contribution is 2.30. The molecule has 2 amide bonds. The number of anilines is 1. The molecule has 30 heavy (non-hydrogen) atoms. The van der Waals surface area contributed by atoms with Gasteiger partial charge >= 0.3 is 5.97 Å². The summed E-state index contributed by atoms with van der Waals surface area (Å²) < 4.78 is 28.6. The first kappa shape index (κ1) is 20.8. The molecule has 0 bridgehead atoms. The fourth-order valence-corrected chi connectivity index (χ4v) is 2.73. The minimum absolute atomic E-state index is 0.0958. The highest BCUT2D eigenvalue weighted by Gasteiger charge is 2.34. The van der Waals surface area contributed by atoms with E-state index in [9.17, 15) is 18.8 Å². The molecule has 0 unspecified atom stereocenters. The second kappa shape index (κ2) is 9.08. The van der Waals surface area contributed by atoms with Gasteiger partial charge in [0.15, 0.2) is 18.1 Å². The third-order valence-corrected chi connectivity index (χ3v) is 4.13. The zero-order valence-corrected chi connectivity index (χ0v) is 16.3. The van der Waals surface area contributed by atoms with E-state index in [-0.39, 0.29) is 18.8 Å². The van der Waals surface area contributed by atoms with Crippen LogP contribution in [0.3, 0.4) is 0 Å². The summed E-state index contributed by atoms with van der Waals surface area (Å²) in [6.45, 7) is 1.66. The van der Waals surface area contributed by atoms with Crippen LogP contribution in [0.4, 0.5) is 10.1 Å². The van der Waals surface area contributed by atoms with Crippen molar-refractivity contribution in [3.05, 3.63) is 59.4 Å². The van der Waals surface area contributed by atoms with E-state index in [1.165, 1.54) is 37.5 Å². The number of halogens is 1. The first-order valence-electron chi connectivity index (χ1n) is 9.02. The Bertz CT molecular complexity index is 1000. The molecule has 156 valence electrons. The SMILES string of the molecule is CCOC(=O)COc1ccc(/C=C2/C(=O)NN(c3ccc(F)cc3)C2=O)cc1OC. The average molecular weight is 414 g/mol. The largest absolute Gasteiger partial charge is 0.493 e. The molecule has 8 nitrogen and oxygen atoms in total. The zero-order chi connectivity index (χ0) is 21.7. The number of hydrogen-bond donors (Lipinski definition) is 1. The van der Waals surface area contributed by atoms with E-state index in [1.807, 2.05) is 0 Å². The lowest BCUT2D eigenvalue weighted by molar-refractivity contribution is -0.145. The standard InChI is InChI=1S/C21H19FN2O6/c1-3-29-19(25)12-30-17-9-4-13(11-18(17)28-2)10-16-20(26)23-24(21(16)27)15-7-5-14(22)6-8-15/h4-11H,3,12H2,1-2H3,(H,23,26)/b16-10-. The number of ether oxygens (including phenoxy) is 3. The van der Waals surface area contributed by atoms with Crippen molar-refractivity contribution < 1.29 is 33.0 Å². The van der Waals surface area contributed by atoms with E-state index in [4.69, 9.17) is 14.2 Å². The monoisotopic (exact) mass is 414 g/mol. The van der Waals surface area contributed by atoms with Crippen molar-refractivity contribution in [1.29, 1.82) is 0 Å². The number of nitrogens with one attached hydrogen (secondary N) is 1. The van der Waals surface area contributed by atoms with E-state index >= 15 is 0 Å². The zero-order valence-electron chi connectivity index (χ0n) is 16.3. The van der Waals surface area contributed by atoms with Crippen LogP contribution in [-0.4, -0.2) is 38.1 Å². The molecule has 0 saturated carbocycles. The van der Waals surface area contributed by atoms with Crippen LogP contribution in [0.15, 0.2) is 48.0 Å². The molecule has 1 heterocycles. The van der Waals surface area contributed by atoms with Crippen LogP contribution in [0.5, 0.6) is 11.5 Å².